The molecule has 0 aromatic heterocycles. The van der Waals surface area contributed by atoms with Gasteiger partial charge in [0.25, 0.3) is 0 Å². The molecule has 0 spiro atoms. The molecule has 1 atom stereocenters. The van der Waals surface area contributed by atoms with Gasteiger partial charge < -0.3 is 21.3 Å². The number of nitrogens with two attached hydrogens (primary N) is 1. The van der Waals surface area contributed by atoms with E-state index in [2.05, 4.69) is 10.6 Å². The van der Waals surface area contributed by atoms with Crippen LogP contribution in [0.4, 0.5) is 10.5 Å². The summed E-state index contributed by atoms with van der Waals surface area (Å²) in [5.74, 6) is -0.175. The summed E-state index contributed by atoms with van der Waals surface area (Å²) < 4.78 is 0. The number of halogens is 1. The zero-order chi connectivity index (χ0) is 19.2. The molecule has 6 nitrogen and oxygen atoms in total. The summed E-state index contributed by atoms with van der Waals surface area (Å²) in [5, 5.41) is 5.91. The molecule has 0 aliphatic carbocycles. The van der Waals surface area contributed by atoms with Gasteiger partial charge in [-0.3, -0.25) is 4.79 Å². The number of benzene rings is 2. The number of anilines is 1. The molecule has 0 bridgehead atoms. The van der Waals surface area contributed by atoms with Gasteiger partial charge in [0, 0.05) is 24.8 Å². The maximum absolute atomic E-state index is 12.4. The van der Waals surface area contributed by atoms with Crippen molar-refractivity contribution in [2.45, 2.75) is 31.8 Å². The standard InChI is InChI=1S/C21H26N4O2.ClH/c1-15-7-9-16(10-8-15)19(22)20(26)23-18-11-13-25(14-12-18)21(27)24-17-5-3-2-4-6-17;/h2-10,18-19H,11-14,22H2,1H3,(H,23,26)(H,24,27);1H. The van der Waals surface area contributed by atoms with Crippen LogP contribution in [-0.4, -0.2) is 36.0 Å². The number of urea groups is 1. The molecule has 2 aromatic carbocycles. The Labute approximate surface area is 171 Å². The number of piperidine rings is 1. The van der Waals surface area contributed by atoms with E-state index in [9.17, 15) is 9.59 Å². The van der Waals surface area contributed by atoms with Gasteiger partial charge in [0.05, 0.1) is 0 Å². The lowest BCUT2D eigenvalue weighted by molar-refractivity contribution is -0.123. The summed E-state index contributed by atoms with van der Waals surface area (Å²) in [6.45, 7) is 3.20. The van der Waals surface area contributed by atoms with Crippen LogP contribution >= 0.6 is 12.4 Å². The van der Waals surface area contributed by atoms with Crippen LogP contribution in [-0.2, 0) is 4.79 Å². The predicted octanol–water partition coefficient (Wildman–Crippen LogP) is 3.23. The van der Waals surface area contributed by atoms with E-state index in [0.29, 0.717) is 25.9 Å². The first kappa shape index (κ1) is 21.7. The monoisotopic (exact) mass is 402 g/mol. The van der Waals surface area contributed by atoms with Gasteiger partial charge in [-0.15, -0.1) is 12.4 Å². The molecule has 150 valence electrons. The molecule has 1 fully saturated rings. The van der Waals surface area contributed by atoms with E-state index >= 15 is 0 Å². The Morgan fingerprint density at radius 2 is 1.64 bits per heavy atom. The topological polar surface area (TPSA) is 87.5 Å². The van der Waals surface area contributed by atoms with Crippen LogP contribution in [0.25, 0.3) is 0 Å². The van der Waals surface area contributed by atoms with Crippen LogP contribution in [0.15, 0.2) is 54.6 Å². The number of aryl methyl sites for hydroxylation is 1. The summed E-state index contributed by atoms with van der Waals surface area (Å²) >= 11 is 0. The van der Waals surface area contributed by atoms with E-state index < -0.39 is 6.04 Å². The van der Waals surface area contributed by atoms with Crippen molar-refractivity contribution in [3.63, 3.8) is 0 Å². The quantitative estimate of drug-likeness (QED) is 0.733. The highest BCUT2D eigenvalue weighted by Gasteiger charge is 2.25. The number of carbonyl (C=O) groups is 2. The second kappa shape index (κ2) is 10.1. The highest BCUT2D eigenvalue weighted by atomic mass is 35.5. The first-order valence-corrected chi connectivity index (χ1v) is 9.26. The second-order valence-electron chi connectivity index (χ2n) is 6.95. The fourth-order valence-corrected chi connectivity index (χ4v) is 3.17. The summed E-state index contributed by atoms with van der Waals surface area (Å²) in [7, 11) is 0. The molecule has 7 heteroatoms. The van der Waals surface area contributed by atoms with Gasteiger partial charge in [-0.2, -0.15) is 0 Å². The number of para-hydroxylation sites is 1. The Morgan fingerprint density at radius 3 is 2.25 bits per heavy atom. The average molecular weight is 403 g/mol. The maximum atomic E-state index is 12.4. The molecular weight excluding hydrogens is 376 g/mol. The number of rotatable bonds is 4. The minimum absolute atomic E-state index is 0. The van der Waals surface area contributed by atoms with Crippen LogP contribution in [0.1, 0.15) is 30.0 Å². The third kappa shape index (κ3) is 5.71. The lowest BCUT2D eigenvalue weighted by Gasteiger charge is -2.33. The third-order valence-corrected chi connectivity index (χ3v) is 4.87. The number of nitrogens with zero attached hydrogens (tertiary/aromatic N) is 1. The van der Waals surface area contributed by atoms with Crippen molar-refractivity contribution in [1.82, 2.24) is 10.2 Å². The Hall–Kier alpha value is -2.57. The molecule has 1 unspecified atom stereocenters. The van der Waals surface area contributed by atoms with E-state index in [0.717, 1.165) is 16.8 Å². The van der Waals surface area contributed by atoms with Crippen molar-refractivity contribution in [3.05, 3.63) is 65.7 Å². The normalized spacial score (nSPS) is 15.3. The molecule has 4 N–H and O–H groups in total. The predicted molar refractivity (Wildman–Crippen MR) is 114 cm³/mol. The van der Waals surface area contributed by atoms with Gasteiger partial charge in [-0.1, -0.05) is 48.0 Å². The summed E-state index contributed by atoms with van der Waals surface area (Å²) in [4.78, 5) is 26.5. The zero-order valence-electron chi connectivity index (χ0n) is 15.9. The fraction of sp³-hybridized carbons (Fsp3) is 0.333. The highest BCUT2D eigenvalue weighted by Crippen LogP contribution is 2.16. The molecule has 3 amide bonds. The number of amides is 3. The first-order valence-electron chi connectivity index (χ1n) is 9.26. The van der Waals surface area contributed by atoms with Crippen LogP contribution < -0.4 is 16.4 Å². The van der Waals surface area contributed by atoms with E-state index in [-0.39, 0.29) is 30.4 Å². The smallest absolute Gasteiger partial charge is 0.321 e. The Balaban J connectivity index is 0.00000280. The Bertz CT molecular complexity index is 775. The molecule has 28 heavy (non-hydrogen) atoms. The SMILES string of the molecule is Cc1ccc(C(N)C(=O)NC2CCN(C(=O)Nc3ccccc3)CC2)cc1.Cl. The summed E-state index contributed by atoms with van der Waals surface area (Å²) in [6.07, 6.45) is 1.43. The zero-order valence-corrected chi connectivity index (χ0v) is 16.7. The second-order valence-corrected chi connectivity index (χ2v) is 6.95. The third-order valence-electron chi connectivity index (χ3n) is 4.87. The number of hydrogen-bond acceptors (Lipinski definition) is 3. The minimum Gasteiger partial charge on any atom is -0.352 e. The van der Waals surface area contributed by atoms with Crippen LogP contribution in [0.5, 0.6) is 0 Å². The summed E-state index contributed by atoms with van der Waals surface area (Å²) in [6, 6.07) is 16.3. The van der Waals surface area contributed by atoms with Crippen molar-refractivity contribution in [3.8, 4) is 0 Å². The molecule has 1 saturated heterocycles. The van der Waals surface area contributed by atoms with Crippen molar-refractivity contribution >= 4 is 30.0 Å². The highest BCUT2D eigenvalue weighted by molar-refractivity contribution is 5.89. The molecule has 0 radical (unpaired) electrons. The van der Waals surface area contributed by atoms with Crippen molar-refractivity contribution in [1.29, 1.82) is 0 Å². The summed E-state index contributed by atoms with van der Waals surface area (Å²) in [5.41, 5.74) is 8.80. The first-order chi connectivity index (χ1) is 13.0. The maximum Gasteiger partial charge on any atom is 0.321 e. The molecule has 1 aliphatic heterocycles. The Morgan fingerprint density at radius 1 is 1.04 bits per heavy atom. The fourth-order valence-electron chi connectivity index (χ4n) is 3.17. The van der Waals surface area contributed by atoms with Crippen LogP contribution in [0, 0.1) is 6.92 Å². The molecular formula is C21H27ClN4O2. The van der Waals surface area contributed by atoms with Crippen molar-refractivity contribution < 1.29 is 9.59 Å². The molecule has 1 aliphatic rings. The molecule has 0 saturated carbocycles. The van der Waals surface area contributed by atoms with Crippen molar-refractivity contribution in [2.24, 2.45) is 5.73 Å². The molecule has 2 aromatic rings. The lowest BCUT2D eigenvalue weighted by atomic mass is 10.0. The van der Waals surface area contributed by atoms with Crippen LogP contribution in [0.2, 0.25) is 0 Å². The number of nitrogens with one attached hydrogen (secondary N) is 2. The van der Waals surface area contributed by atoms with Gasteiger partial charge in [-0.25, -0.2) is 4.79 Å². The van der Waals surface area contributed by atoms with E-state index in [1.54, 1.807) is 4.90 Å². The molecule has 1 heterocycles. The van der Waals surface area contributed by atoms with E-state index in [1.165, 1.54) is 0 Å². The van der Waals surface area contributed by atoms with Crippen molar-refractivity contribution in [2.75, 3.05) is 18.4 Å². The van der Waals surface area contributed by atoms with E-state index in [4.69, 9.17) is 5.73 Å². The van der Waals surface area contributed by atoms with Gasteiger partial charge in [-0.05, 0) is 37.5 Å². The lowest BCUT2D eigenvalue weighted by Crippen LogP contribution is -2.49. The van der Waals surface area contributed by atoms with E-state index in [1.807, 2.05) is 61.5 Å². The molecule has 3 rings (SSSR count). The number of carbonyl (C=O) groups excluding carboxylic acids is 2. The average Bonchev–Trinajstić information content (AvgIpc) is 2.69. The Kier molecular flexibility index (Phi) is 7.84. The number of hydrogen-bond donors (Lipinski definition) is 3. The van der Waals surface area contributed by atoms with Gasteiger partial charge in [0.2, 0.25) is 5.91 Å². The largest absolute Gasteiger partial charge is 0.352 e. The van der Waals surface area contributed by atoms with Gasteiger partial charge in [0.15, 0.2) is 0 Å². The van der Waals surface area contributed by atoms with Crippen LogP contribution in [0.3, 0.4) is 0 Å². The van der Waals surface area contributed by atoms with Gasteiger partial charge >= 0.3 is 6.03 Å². The minimum atomic E-state index is -0.676. The van der Waals surface area contributed by atoms with Gasteiger partial charge in [0.1, 0.15) is 6.04 Å². The number of likely N-dealkylation sites (tertiary alicyclic amines) is 1.